The van der Waals surface area contributed by atoms with Gasteiger partial charge in [0.25, 0.3) is 0 Å². The topological polar surface area (TPSA) is 131 Å². The lowest BCUT2D eigenvalue weighted by atomic mass is 10.1. The molecule has 0 aliphatic rings. The minimum Gasteiger partial charge on any atom is -0.463 e. The Morgan fingerprint density at radius 2 is 1.04 bits per heavy atom. The SMILES string of the molecule is CC/C=C\C/C=C\C/C=C\CCCCCCCC(=O)OCC(O)COP(=O)(O)OCCNC(=O)CCCCCCCC/C=C\C/C=C\C/C=C\CCCCC. The highest BCUT2D eigenvalue weighted by atomic mass is 31.2. The molecule has 0 saturated heterocycles. The first-order chi connectivity index (χ1) is 26.8. The number of aliphatic hydroxyl groups excluding tert-OH is 1. The molecule has 0 aromatic heterocycles. The Kier molecular flexibility index (Phi) is 39.2. The predicted molar refractivity (Wildman–Crippen MR) is 229 cm³/mol. The number of hydrogen-bond acceptors (Lipinski definition) is 7. The third kappa shape index (κ3) is 42.4. The molecule has 3 N–H and O–H groups in total. The molecule has 0 aromatic rings. The maximum absolute atomic E-state index is 12.1. The largest absolute Gasteiger partial charge is 0.472 e. The van der Waals surface area contributed by atoms with E-state index in [2.05, 4.69) is 92.1 Å². The molecular weight excluding hydrogens is 713 g/mol. The average molecular weight is 792 g/mol. The zero-order chi connectivity index (χ0) is 40.3. The molecule has 0 saturated carbocycles. The summed E-state index contributed by atoms with van der Waals surface area (Å²) in [6.07, 6.45) is 49.7. The van der Waals surface area contributed by atoms with Crippen molar-refractivity contribution >= 4 is 19.7 Å². The normalized spacial score (nSPS) is 14.0. The fraction of sp³-hybridized carbons (Fsp3) is 0.689. The molecule has 0 radical (unpaired) electrons. The Labute approximate surface area is 335 Å². The minimum absolute atomic E-state index is 0.0683. The van der Waals surface area contributed by atoms with E-state index in [1.807, 2.05) is 0 Å². The molecule has 2 atom stereocenters. The van der Waals surface area contributed by atoms with Crippen molar-refractivity contribution in [1.29, 1.82) is 0 Å². The fourth-order valence-electron chi connectivity index (χ4n) is 5.40. The van der Waals surface area contributed by atoms with Crippen LogP contribution in [0.15, 0.2) is 72.9 Å². The van der Waals surface area contributed by atoms with Crippen LogP contribution in [0.5, 0.6) is 0 Å². The minimum atomic E-state index is -4.43. The number of esters is 1. The Morgan fingerprint density at radius 1 is 0.582 bits per heavy atom. The van der Waals surface area contributed by atoms with E-state index in [0.29, 0.717) is 12.8 Å². The van der Waals surface area contributed by atoms with Crippen molar-refractivity contribution in [2.24, 2.45) is 0 Å². The van der Waals surface area contributed by atoms with E-state index in [1.165, 1.54) is 38.5 Å². The number of phosphoric ester groups is 1. The number of hydrogen-bond donors (Lipinski definition) is 3. The fourth-order valence-corrected chi connectivity index (χ4v) is 6.16. The second kappa shape index (κ2) is 41.1. The van der Waals surface area contributed by atoms with Crippen molar-refractivity contribution < 1.29 is 37.9 Å². The van der Waals surface area contributed by atoms with Gasteiger partial charge < -0.3 is 20.1 Å². The van der Waals surface area contributed by atoms with E-state index >= 15 is 0 Å². The molecule has 1 amide bonds. The zero-order valence-corrected chi connectivity index (χ0v) is 35.5. The van der Waals surface area contributed by atoms with Crippen molar-refractivity contribution in [3.63, 3.8) is 0 Å². The van der Waals surface area contributed by atoms with Crippen molar-refractivity contribution in [3.8, 4) is 0 Å². The summed E-state index contributed by atoms with van der Waals surface area (Å²) in [5.41, 5.74) is 0. The summed E-state index contributed by atoms with van der Waals surface area (Å²) >= 11 is 0. The van der Waals surface area contributed by atoms with Gasteiger partial charge in [-0.1, -0.05) is 145 Å². The van der Waals surface area contributed by atoms with Gasteiger partial charge in [0.15, 0.2) is 0 Å². The van der Waals surface area contributed by atoms with Crippen LogP contribution >= 0.6 is 7.82 Å². The van der Waals surface area contributed by atoms with Crippen molar-refractivity contribution in [3.05, 3.63) is 72.9 Å². The van der Waals surface area contributed by atoms with Crippen molar-refractivity contribution in [2.75, 3.05) is 26.4 Å². The predicted octanol–water partition coefficient (Wildman–Crippen LogP) is 11.9. The van der Waals surface area contributed by atoms with Gasteiger partial charge in [-0.25, -0.2) is 4.57 Å². The smallest absolute Gasteiger partial charge is 0.463 e. The summed E-state index contributed by atoms with van der Waals surface area (Å²) < 4.78 is 26.8. The van der Waals surface area contributed by atoms with Gasteiger partial charge >= 0.3 is 13.8 Å². The lowest BCUT2D eigenvalue weighted by Crippen LogP contribution is -2.27. The van der Waals surface area contributed by atoms with Gasteiger partial charge in [-0.2, -0.15) is 0 Å². The second-order valence-corrected chi connectivity index (χ2v) is 15.4. The Morgan fingerprint density at radius 3 is 1.56 bits per heavy atom. The first kappa shape index (κ1) is 52.5. The highest BCUT2D eigenvalue weighted by molar-refractivity contribution is 7.47. The van der Waals surface area contributed by atoms with Crippen LogP contribution in [0, 0.1) is 0 Å². The van der Waals surface area contributed by atoms with Crippen LogP contribution in [0.1, 0.15) is 168 Å². The Hall–Kier alpha value is -2.55. The lowest BCUT2D eigenvalue weighted by Gasteiger charge is -2.15. The number of nitrogens with one attached hydrogen (secondary N) is 1. The number of phosphoric acid groups is 1. The standard InChI is InChI=1S/C45H78NO8P/c1-3-5-7-9-11-13-15-17-19-20-21-22-24-25-27-29-31-33-35-37-44(48)46-39-40-53-55(50,51)54-42-43(47)41-52-45(49)38-36-34-32-30-28-26-23-18-16-14-12-10-8-6-4-2/h6,8,11-14,17-19,21-23,43,47H,3-5,7,9-10,15-16,20,24-42H2,1-2H3,(H,46,48)(H,50,51)/b8-6-,13-11-,14-12-,19-17-,22-21-,23-18-. The summed E-state index contributed by atoms with van der Waals surface area (Å²) in [4.78, 5) is 33.9. The summed E-state index contributed by atoms with van der Waals surface area (Å²) in [7, 11) is -4.43. The maximum atomic E-state index is 12.1. The third-order valence-electron chi connectivity index (χ3n) is 8.62. The van der Waals surface area contributed by atoms with E-state index in [0.717, 1.165) is 96.3 Å². The number of aliphatic hydroxyl groups is 1. The molecule has 10 heteroatoms. The molecule has 9 nitrogen and oxygen atoms in total. The molecule has 0 aromatic carbocycles. The summed E-state index contributed by atoms with van der Waals surface area (Å²) in [6.45, 7) is 3.36. The van der Waals surface area contributed by atoms with Gasteiger partial charge in [0.2, 0.25) is 5.91 Å². The molecule has 0 fully saturated rings. The van der Waals surface area contributed by atoms with Crippen LogP contribution in [0.2, 0.25) is 0 Å². The van der Waals surface area contributed by atoms with Crippen molar-refractivity contribution in [2.45, 2.75) is 174 Å². The first-order valence-electron chi connectivity index (χ1n) is 21.4. The van der Waals surface area contributed by atoms with Crippen LogP contribution in [-0.4, -0.2) is 54.3 Å². The number of amides is 1. The van der Waals surface area contributed by atoms with E-state index < -0.39 is 26.5 Å². The number of allylic oxidation sites excluding steroid dienone is 12. The van der Waals surface area contributed by atoms with Crippen LogP contribution in [0.3, 0.4) is 0 Å². The molecule has 55 heavy (non-hydrogen) atoms. The van der Waals surface area contributed by atoms with E-state index in [4.69, 9.17) is 13.8 Å². The van der Waals surface area contributed by atoms with Gasteiger partial charge in [0, 0.05) is 19.4 Å². The number of carbonyl (C=O) groups is 2. The first-order valence-corrected chi connectivity index (χ1v) is 22.9. The average Bonchev–Trinajstić information content (AvgIpc) is 3.17. The highest BCUT2D eigenvalue weighted by Crippen LogP contribution is 2.42. The van der Waals surface area contributed by atoms with Gasteiger partial charge in [-0.05, 0) is 83.5 Å². The molecule has 0 aliphatic heterocycles. The monoisotopic (exact) mass is 792 g/mol. The molecule has 2 unspecified atom stereocenters. The zero-order valence-electron chi connectivity index (χ0n) is 34.6. The molecule has 0 heterocycles. The molecular formula is C45H78NO8P. The van der Waals surface area contributed by atoms with Gasteiger partial charge in [0.1, 0.15) is 12.7 Å². The second-order valence-electron chi connectivity index (χ2n) is 13.9. The lowest BCUT2D eigenvalue weighted by molar-refractivity contribution is -0.147. The maximum Gasteiger partial charge on any atom is 0.472 e. The molecule has 316 valence electrons. The number of ether oxygens (including phenoxy) is 1. The molecule has 0 spiro atoms. The quantitative estimate of drug-likeness (QED) is 0.0243. The van der Waals surface area contributed by atoms with Crippen LogP contribution in [0.4, 0.5) is 0 Å². The number of rotatable bonds is 39. The van der Waals surface area contributed by atoms with Gasteiger partial charge in [-0.15, -0.1) is 0 Å². The molecule has 0 rings (SSSR count). The van der Waals surface area contributed by atoms with E-state index in [-0.39, 0.29) is 32.1 Å². The van der Waals surface area contributed by atoms with E-state index in [9.17, 15) is 24.2 Å². The van der Waals surface area contributed by atoms with E-state index in [1.54, 1.807) is 0 Å². The summed E-state index contributed by atoms with van der Waals surface area (Å²) in [6, 6.07) is 0. The van der Waals surface area contributed by atoms with Crippen molar-refractivity contribution in [1.82, 2.24) is 5.32 Å². The highest BCUT2D eigenvalue weighted by Gasteiger charge is 2.23. The molecule has 0 aliphatic carbocycles. The number of unbranched alkanes of at least 4 members (excludes halogenated alkanes) is 14. The van der Waals surface area contributed by atoms with Crippen LogP contribution in [-0.2, 0) is 27.9 Å². The van der Waals surface area contributed by atoms with Crippen LogP contribution < -0.4 is 5.32 Å². The summed E-state index contributed by atoms with van der Waals surface area (Å²) in [5.74, 6) is -0.552. The third-order valence-corrected chi connectivity index (χ3v) is 9.60. The molecule has 0 bridgehead atoms. The Bertz CT molecular complexity index is 1130. The Balaban J connectivity index is 3.66. The van der Waals surface area contributed by atoms with Gasteiger partial charge in [-0.3, -0.25) is 18.6 Å². The summed E-state index contributed by atoms with van der Waals surface area (Å²) in [5, 5.41) is 12.7. The van der Waals surface area contributed by atoms with Crippen LogP contribution in [0.25, 0.3) is 0 Å². The van der Waals surface area contributed by atoms with Gasteiger partial charge in [0.05, 0.1) is 13.2 Å². The number of carbonyl (C=O) groups excluding carboxylic acids is 2.